The number of halogens is 3. The molecule has 21 heavy (non-hydrogen) atoms. The van der Waals surface area contributed by atoms with Crippen LogP contribution in [0.4, 0.5) is 18.9 Å². The van der Waals surface area contributed by atoms with Gasteiger partial charge in [-0.05, 0) is 17.2 Å². The summed E-state index contributed by atoms with van der Waals surface area (Å²) in [6, 6.07) is 5.11. The van der Waals surface area contributed by atoms with Gasteiger partial charge in [0.05, 0.1) is 12.5 Å². The van der Waals surface area contributed by atoms with Gasteiger partial charge in [0.15, 0.2) is 0 Å². The molecule has 0 bridgehead atoms. The number of benzene rings is 1. The first-order valence-electron chi connectivity index (χ1n) is 6.50. The van der Waals surface area contributed by atoms with Gasteiger partial charge in [-0.15, -0.1) is 0 Å². The van der Waals surface area contributed by atoms with E-state index in [0.717, 1.165) is 11.3 Å². The SMILES string of the molecule is CN1C(=O)Cc2cc(C(O)CCOCC(F)(F)F)ccc21. The number of aliphatic hydroxyl groups excluding tert-OH is 1. The van der Waals surface area contributed by atoms with E-state index in [1.54, 1.807) is 25.2 Å². The molecule has 0 radical (unpaired) electrons. The van der Waals surface area contributed by atoms with E-state index in [4.69, 9.17) is 0 Å². The number of anilines is 1. The smallest absolute Gasteiger partial charge is 0.388 e. The number of hydrogen-bond acceptors (Lipinski definition) is 3. The third-order valence-corrected chi connectivity index (χ3v) is 3.37. The largest absolute Gasteiger partial charge is 0.411 e. The van der Waals surface area contributed by atoms with Crippen molar-refractivity contribution < 1.29 is 27.8 Å². The lowest BCUT2D eigenvalue weighted by molar-refractivity contribution is -0.175. The minimum atomic E-state index is -4.36. The second-order valence-electron chi connectivity index (χ2n) is 4.99. The molecule has 0 aliphatic carbocycles. The third-order valence-electron chi connectivity index (χ3n) is 3.37. The van der Waals surface area contributed by atoms with Gasteiger partial charge in [-0.25, -0.2) is 0 Å². The van der Waals surface area contributed by atoms with Crippen molar-refractivity contribution in [2.24, 2.45) is 0 Å². The quantitative estimate of drug-likeness (QED) is 0.849. The molecular weight excluding hydrogens is 287 g/mol. The molecule has 0 spiro atoms. The van der Waals surface area contributed by atoms with E-state index >= 15 is 0 Å². The summed E-state index contributed by atoms with van der Waals surface area (Å²) in [6.45, 7) is -1.50. The molecule has 0 fully saturated rings. The summed E-state index contributed by atoms with van der Waals surface area (Å²) in [7, 11) is 1.68. The first-order valence-corrected chi connectivity index (χ1v) is 6.50. The Labute approximate surface area is 120 Å². The van der Waals surface area contributed by atoms with E-state index < -0.39 is 18.9 Å². The number of aliphatic hydroxyl groups is 1. The Balaban J connectivity index is 1.91. The summed E-state index contributed by atoms with van der Waals surface area (Å²) in [5.41, 5.74) is 2.19. The molecular formula is C14H16F3NO3. The number of likely N-dealkylation sites (N-methyl/N-ethyl adjacent to an activating group) is 1. The van der Waals surface area contributed by atoms with Crippen molar-refractivity contribution in [3.8, 4) is 0 Å². The lowest BCUT2D eigenvalue weighted by Crippen LogP contribution is -2.20. The third kappa shape index (κ3) is 3.95. The van der Waals surface area contributed by atoms with Crippen LogP contribution in [0.1, 0.15) is 23.7 Å². The minimum absolute atomic E-state index is 0.0230. The molecule has 1 N–H and O–H groups in total. The van der Waals surface area contributed by atoms with Gasteiger partial charge in [0.25, 0.3) is 0 Å². The Morgan fingerprint density at radius 2 is 2.14 bits per heavy atom. The van der Waals surface area contributed by atoms with Crippen molar-refractivity contribution in [2.45, 2.75) is 25.1 Å². The van der Waals surface area contributed by atoms with E-state index in [0.29, 0.717) is 5.56 Å². The monoisotopic (exact) mass is 303 g/mol. The van der Waals surface area contributed by atoms with Crippen LogP contribution in [0.15, 0.2) is 18.2 Å². The Morgan fingerprint density at radius 3 is 2.81 bits per heavy atom. The van der Waals surface area contributed by atoms with Gasteiger partial charge in [-0.3, -0.25) is 4.79 Å². The van der Waals surface area contributed by atoms with Crippen molar-refractivity contribution in [3.05, 3.63) is 29.3 Å². The van der Waals surface area contributed by atoms with E-state index in [2.05, 4.69) is 4.74 Å². The molecule has 4 nitrogen and oxygen atoms in total. The molecule has 1 atom stereocenters. The molecule has 1 aromatic rings. The van der Waals surface area contributed by atoms with Crippen molar-refractivity contribution in [1.82, 2.24) is 0 Å². The molecule has 1 amide bonds. The van der Waals surface area contributed by atoms with Crippen LogP contribution in [-0.4, -0.2) is 37.5 Å². The highest BCUT2D eigenvalue weighted by atomic mass is 19.4. The molecule has 0 aromatic heterocycles. The van der Waals surface area contributed by atoms with Gasteiger partial charge in [0, 0.05) is 25.8 Å². The first kappa shape index (κ1) is 15.8. The fourth-order valence-electron chi connectivity index (χ4n) is 2.25. The van der Waals surface area contributed by atoms with E-state index in [-0.39, 0.29) is 25.4 Å². The van der Waals surface area contributed by atoms with Crippen LogP contribution >= 0.6 is 0 Å². The zero-order valence-electron chi connectivity index (χ0n) is 11.5. The van der Waals surface area contributed by atoms with Crippen LogP contribution in [-0.2, 0) is 16.0 Å². The maximum atomic E-state index is 11.9. The fourth-order valence-corrected chi connectivity index (χ4v) is 2.25. The van der Waals surface area contributed by atoms with E-state index in [1.165, 1.54) is 4.90 Å². The topological polar surface area (TPSA) is 49.8 Å². The molecule has 7 heteroatoms. The Bertz CT molecular complexity index is 531. The number of fused-ring (bicyclic) bond motifs is 1. The van der Waals surface area contributed by atoms with Gasteiger partial charge in [-0.2, -0.15) is 13.2 Å². The highest BCUT2D eigenvalue weighted by Gasteiger charge is 2.28. The number of rotatable bonds is 5. The number of ether oxygens (including phenoxy) is 1. The molecule has 0 saturated carbocycles. The van der Waals surface area contributed by atoms with E-state index in [9.17, 15) is 23.1 Å². The van der Waals surface area contributed by atoms with Crippen molar-refractivity contribution in [1.29, 1.82) is 0 Å². The summed E-state index contributed by atoms with van der Waals surface area (Å²) >= 11 is 0. The standard InChI is InChI=1S/C14H16F3NO3/c1-18-11-3-2-9(6-10(11)7-13(18)20)12(19)4-5-21-8-14(15,16)17/h2-3,6,12,19H,4-5,7-8H2,1H3. The molecule has 1 aliphatic heterocycles. The zero-order valence-corrected chi connectivity index (χ0v) is 11.5. The Hall–Kier alpha value is -1.60. The van der Waals surface area contributed by atoms with Crippen LogP contribution in [0, 0.1) is 0 Å². The minimum Gasteiger partial charge on any atom is -0.388 e. The number of carbonyl (C=O) groups excluding carboxylic acids is 1. The van der Waals surface area contributed by atoms with Crippen molar-refractivity contribution in [3.63, 3.8) is 0 Å². The van der Waals surface area contributed by atoms with Gasteiger partial charge >= 0.3 is 6.18 Å². The predicted molar refractivity (Wildman–Crippen MR) is 70.0 cm³/mol. The lowest BCUT2D eigenvalue weighted by atomic mass is 10.0. The normalized spacial score (nSPS) is 16.2. The number of amides is 1. The van der Waals surface area contributed by atoms with Gasteiger partial charge < -0.3 is 14.7 Å². The van der Waals surface area contributed by atoms with Crippen LogP contribution < -0.4 is 4.90 Å². The van der Waals surface area contributed by atoms with Crippen molar-refractivity contribution in [2.75, 3.05) is 25.2 Å². The molecule has 116 valence electrons. The van der Waals surface area contributed by atoms with E-state index in [1.807, 2.05) is 0 Å². The van der Waals surface area contributed by atoms with Crippen LogP contribution in [0.3, 0.4) is 0 Å². The molecule has 2 rings (SSSR count). The van der Waals surface area contributed by atoms with Crippen LogP contribution in [0.5, 0.6) is 0 Å². The second kappa shape index (κ2) is 6.03. The zero-order chi connectivity index (χ0) is 15.6. The highest BCUT2D eigenvalue weighted by molar-refractivity contribution is 6.00. The summed E-state index contributed by atoms with van der Waals surface area (Å²) in [5.74, 6) is -0.0230. The summed E-state index contributed by atoms with van der Waals surface area (Å²) in [4.78, 5) is 13.1. The number of alkyl halides is 3. The summed E-state index contributed by atoms with van der Waals surface area (Å²) in [6.07, 6.45) is -4.93. The number of carbonyl (C=O) groups is 1. The molecule has 1 aliphatic rings. The maximum Gasteiger partial charge on any atom is 0.411 e. The van der Waals surface area contributed by atoms with Gasteiger partial charge in [0.1, 0.15) is 6.61 Å². The van der Waals surface area contributed by atoms with Crippen molar-refractivity contribution >= 4 is 11.6 Å². The Kier molecular flexibility index (Phi) is 4.53. The maximum absolute atomic E-state index is 11.9. The lowest BCUT2D eigenvalue weighted by Gasteiger charge is -2.14. The summed E-state index contributed by atoms with van der Waals surface area (Å²) in [5, 5.41) is 9.95. The van der Waals surface area contributed by atoms with Crippen LogP contribution in [0.25, 0.3) is 0 Å². The molecule has 1 unspecified atom stereocenters. The summed E-state index contributed by atoms with van der Waals surface area (Å²) < 4.78 is 40.2. The molecule has 1 aromatic carbocycles. The molecule has 1 heterocycles. The Morgan fingerprint density at radius 1 is 1.43 bits per heavy atom. The van der Waals surface area contributed by atoms with Crippen LogP contribution in [0.2, 0.25) is 0 Å². The number of hydrogen-bond donors (Lipinski definition) is 1. The molecule has 0 saturated heterocycles. The average molecular weight is 303 g/mol. The highest BCUT2D eigenvalue weighted by Crippen LogP contribution is 2.30. The van der Waals surface area contributed by atoms with Gasteiger partial charge in [0.2, 0.25) is 5.91 Å². The van der Waals surface area contributed by atoms with Gasteiger partial charge in [-0.1, -0.05) is 12.1 Å². The number of nitrogens with zero attached hydrogens (tertiary/aromatic N) is 1. The second-order valence-corrected chi connectivity index (χ2v) is 4.99. The fraction of sp³-hybridized carbons (Fsp3) is 0.500. The average Bonchev–Trinajstić information content (AvgIpc) is 2.68. The predicted octanol–water partition coefficient (Wildman–Crippen LogP) is 2.21. The first-order chi connectivity index (χ1) is 9.78.